The molecule has 1 N–H and O–H groups in total. The van der Waals surface area contributed by atoms with Crippen molar-refractivity contribution in [2.45, 2.75) is 70.9 Å². The van der Waals surface area contributed by atoms with Crippen LogP contribution in [-0.2, 0) is 17.8 Å². The van der Waals surface area contributed by atoms with Crippen molar-refractivity contribution in [2.24, 2.45) is 5.92 Å². The van der Waals surface area contributed by atoms with Crippen LogP contribution in [-0.4, -0.2) is 56.0 Å². The third kappa shape index (κ3) is 3.84. The van der Waals surface area contributed by atoms with E-state index in [1.54, 1.807) is 4.52 Å². The molecule has 1 aliphatic carbocycles. The summed E-state index contributed by atoms with van der Waals surface area (Å²) in [6.07, 6.45) is 9.89. The molecule has 1 amide bonds. The van der Waals surface area contributed by atoms with Crippen molar-refractivity contribution < 1.29 is 4.79 Å². The normalized spacial score (nSPS) is 22.9. The van der Waals surface area contributed by atoms with E-state index in [0.717, 1.165) is 80.8 Å². The van der Waals surface area contributed by atoms with E-state index in [2.05, 4.69) is 36.0 Å². The third-order valence-corrected chi connectivity index (χ3v) is 7.41. The Hall–Kier alpha value is -2.41. The minimum Gasteiger partial charge on any atom is -0.342 e. The molecule has 2 aromatic rings. The summed E-state index contributed by atoms with van der Waals surface area (Å²) in [5.41, 5.74) is 3.61. The van der Waals surface area contributed by atoms with Crippen LogP contribution in [0.4, 0.5) is 0 Å². The lowest BCUT2D eigenvalue weighted by Crippen LogP contribution is -2.41. The van der Waals surface area contributed by atoms with E-state index in [1.807, 2.05) is 11.0 Å². The maximum Gasteiger partial charge on any atom is 0.277 e. The van der Waals surface area contributed by atoms with Crippen molar-refractivity contribution >= 4 is 11.6 Å². The van der Waals surface area contributed by atoms with Gasteiger partial charge in [-0.05, 0) is 46.0 Å². The number of piperidine rings is 1. The van der Waals surface area contributed by atoms with E-state index in [0.29, 0.717) is 24.4 Å². The third-order valence-electron chi connectivity index (χ3n) is 7.41. The first-order chi connectivity index (χ1) is 15.0. The summed E-state index contributed by atoms with van der Waals surface area (Å²) in [6.45, 7) is 7.55. The Morgan fingerprint density at radius 1 is 1.16 bits per heavy atom. The number of hydrogen-bond donors (Lipinski definition) is 1. The molecule has 5 rings (SSSR count). The Kier molecular flexibility index (Phi) is 5.46. The molecule has 3 aliphatic rings. The van der Waals surface area contributed by atoms with Gasteiger partial charge >= 0.3 is 0 Å². The van der Waals surface area contributed by atoms with Gasteiger partial charge in [0.2, 0.25) is 5.91 Å². The van der Waals surface area contributed by atoms with Crippen LogP contribution in [0, 0.1) is 5.92 Å². The smallest absolute Gasteiger partial charge is 0.277 e. The van der Waals surface area contributed by atoms with Crippen LogP contribution >= 0.6 is 0 Å². The molecule has 1 fully saturated rings. The number of likely N-dealkylation sites (tertiary alicyclic amines) is 1. The Balaban J connectivity index is 1.31. The van der Waals surface area contributed by atoms with Gasteiger partial charge in [-0.1, -0.05) is 12.2 Å². The number of fused-ring (bicyclic) bond motifs is 2. The number of aromatic amines is 1. The molecule has 1 atom stereocenters. The largest absolute Gasteiger partial charge is 0.342 e. The minimum absolute atomic E-state index is 0.0366. The summed E-state index contributed by atoms with van der Waals surface area (Å²) in [5, 5.41) is 3.35. The Bertz CT molecular complexity index is 1060. The molecule has 1 unspecified atom stereocenters. The van der Waals surface area contributed by atoms with Crippen LogP contribution in [0.3, 0.4) is 0 Å². The molecule has 2 aliphatic heterocycles. The van der Waals surface area contributed by atoms with E-state index in [4.69, 9.17) is 4.98 Å². The van der Waals surface area contributed by atoms with Crippen LogP contribution in [0.2, 0.25) is 0 Å². The van der Waals surface area contributed by atoms with Crippen molar-refractivity contribution in [1.29, 1.82) is 0 Å². The highest BCUT2D eigenvalue weighted by Crippen LogP contribution is 2.30. The first-order valence-corrected chi connectivity index (χ1v) is 11.8. The highest BCUT2D eigenvalue weighted by molar-refractivity contribution is 5.79. The van der Waals surface area contributed by atoms with Crippen LogP contribution in [0.1, 0.15) is 68.8 Å². The molecule has 7 nitrogen and oxygen atoms in total. The van der Waals surface area contributed by atoms with Gasteiger partial charge in [0.05, 0.1) is 11.3 Å². The van der Waals surface area contributed by atoms with E-state index in [1.165, 1.54) is 0 Å². The average Bonchev–Trinajstić information content (AvgIpc) is 3.23. The summed E-state index contributed by atoms with van der Waals surface area (Å²) in [4.78, 5) is 35.2. The summed E-state index contributed by atoms with van der Waals surface area (Å²) >= 11 is 0. The molecular weight excluding hydrogens is 390 g/mol. The highest BCUT2D eigenvalue weighted by atomic mass is 16.2. The summed E-state index contributed by atoms with van der Waals surface area (Å²) in [5.74, 6) is 0.814. The first-order valence-electron chi connectivity index (χ1n) is 11.8. The average molecular weight is 424 g/mol. The molecule has 0 radical (unpaired) electrons. The van der Waals surface area contributed by atoms with Crippen LogP contribution in [0.15, 0.2) is 23.0 Å². The Labute approximate surface area is 183 Å². The second kappa shape index (κ2) is 8.26. The lowest BCUT2D eigenvalue weighted by Gasteiger charge is -2.34. The van der Waals surface area contributed by atoms with Gasteiger partial charge in [-0.25, -0.2) is 9.50 Å². The Morgan fingerprint density at radius 2 is 1.97 bits per heavy atom. The molecular formula is C24H33N5O2. The minimum atomic E-state index is 0.0366. The summed E-state index contributed by atoms with van der Waals surface area (Å²) < 4.78 is 1.63. The van der Waals surface area contributed by atoms with E-state index in [9.17, 15) is 9.59 Å². The van der Waals surface area contributed by atoms with Crippen molar-refractivity contribution in [3.8, 4) is 0 Å². The van der Waals surface area contributed by atoms with Crippen LogP contribution in [0.25, 0.3) is 5.65 Å². The molecule has 166 valence electrons. The van der Waals surface area contributed by atoms with Gasteiger partial charge in [-0.15, -0.1) is 0 Å². The number of nitrogens with one attached hydrogen (secondary N) is 1. The summed E-state index contributed by atoms with van der Waals surface area (Å²) in [6, 6.07) is 2.47. The lowest BCUT2D eigenvalue weighted by atomic mass is 9.90. The number of aromatic nitrogens is 3. The van der Waals surface area contributed by atoms with Crippen molar-refractivity contribution in [3.05, 3.63) is 45.5 Å². The van der Waals surface area contributed by atoms with Gasteiger partial charge in [0, 0.05) is 62.2 Å². The number of carbonyl (C=O) groups is 1. The number of hydrogen-bond acceptors (Lipinski definition) is 4. The number of allylic oxidation sites excluding steroid dienone is 2. The fourth-order valence-electron chi connectivity index (χ4n) is 5.36. The van der Waals surface area contributed by atoms with Gasteiger partial charge in [0.15, 0.2) is 5.65 Å². The van der Waals surface area contributed by atoms with Gasteiger partial charge in [-0.3, -0.25) is 19.6 Å². The lowest BCUT2D eigenvalue weighted by molar-refractivity contribution is -0.136. The van der Waals surface area contributed by atoms with E-state index < -0.39 is 0 Å². The van der Waals surface area contributed by atoms with Gasteiger partial charge in [0.25, 0.3) is 5.56 Å². The molecule has 2 aromatic heterocycles. The number of rotatable bonds is 3. The number of nitrogens with zero attached hydrogens (tertiary/aromatic N) is 4. The van der Waals surface area contributed by atoms with Crippen molar-refractivity contribution in [2.75, 3.05) is 19.6 Å². The molecule has 0 aromatic carbocycles. The molecule has 4 heterocycles. The van der Waals surface area contributed by atoms with Gasteiger partial charge < -0.3 is 4.90 Å². The molecule has 31 heavy (non-hydrogen) atoms. The van der Waals surface area contributed by atoms with Gasteiger partial charge in [0.1, 0.15) is 0 Å². The van der Waals surface area contributed by atoms with Crippen molar-refractivity contribution in [3.63, 3.8) is 0 Å². The SMILES string of the molecule is CC(C)N1CCc2nc3cc(C4CCN(C(=O)C5CC=CCC5)CC4)[nH]n3c(=O)c2C1. The zero-order valence-electron chi connectivity index (χ0n) is 18.6. The van der Waals surface area contributed by atoms with E-state index in [-0.39, 0.29) is 11.5 Å². The molecule has 0 spiro atoms. The number of H-pyrrole nitrogens is 1. The van der Waals surface area contributed by atoms with Crippen molar-refractivity contribution in [1.82, 2.24) is 24.4 Å². The second-order valence-corrected chi connectivity index (χ2v) is 9.64. The molecule has 7 heteroatoms. The number of amides is 1. The quantitative estimate of drug-likeness (QED) is 0.771. The highest BCUT2D eigenvalue weighted by Gasteiger charge is 2.30. The molecule has 1 saturated heterocycles. The maximum absolute atomic E-state index is 13.2. The predicted molar refractivity (Wildman–Crippen MR) is 120 cm³/mol. The molecule has 0 bridgehead atoms. The first kappa shape index (κ1) is 20.5. The fraction of sp³-hybridized carbons (Fsp3) is 0.625. The maximum atomic E-state index is 13.2. The zero-order valence-corrected chi connectivity index (χ0v) is 18.6. The topological polar surface area (TPSA) is 73.7 Å². The van der Waals surface area contributed by atoms with Gasteiger partial charge in [-0.2, -0.15) is 0 Å². The summed E-state index contributed by atoms with van der Waals surface area (Å²) in [7, 11) is 0. The zero-order chi connectivity index (χ0) is 21.5. The standard InChI is InChI=1S/C24H33N5O2/c1-16(2)28-13-10-20-19(15-28)24(31)29-22(25-20)14-21(26-29)17-8-11-27(12-9-17)23(30)18-6-4-3-5-7-18/h3-4,14,16-18,26H,5-13,15H2,1-2H3. The molecule has 0 saturated carbocycles. The Morgan fingerprint density at radius 3 is 2.68 bits per heavy atom. The second-order valence-electron chi connectivity index (χ2n) is 9.64. The number of carbonyl (C=O) groups excluding carboxylic acids is 1. The van der Waals surface area contributed by atoms with E-state index >= 15 is 0 Å². The van der Waals surface area contributed by atoms with Crippen LogP contribution in [0.5, 0.6) is 0 Å². The van der Waals surface area contributed by atoms with Crippen LogP contribution < -0.4 is 5.56 Å². The fourth-order valence-corrected chi connectivity index (χ4v) is 5.36. The predicted octanol–water partition coefficient (Wildman–Crippen LogP) is 2.85. The monoisotopic (exact) mass is 423 g/mol.